The van der Waals surface area contributed by atoms with E-state index in [9.17, 15) is 29.4 Å². The first kappa shape index (κ1) is 29.2. The van der Waals surface area contributed by atoms with Crippen LogP contribution in [0.1, 0.15) is 48.9 Å². The second kappa shape index (κ2) is 14.0. The van der Waals surface area contributed by atoms with Crippen molar-refractivity contribution in [3.63, 3.8) is 0 Å². The van der Waals surface area contributed by atoms with Crippen LogP contribution in [0.5, 0.6) is 5.75 Å². The van der Waals surface area contributed by atoms with E-state index < -0.39 is 30.3 Å². The minimum Gasteiger partial charge on any atom is -0.507 e. The molecular formula is C27H26ClNO7S2. The quantitative estimate of drug-likeness (QED) is 0.209. The van der Waals surface area contributed by atoms with Crippen molar-refractivity contribution in [1.29, 1.82) is 0 Å². The van der Waals surface area contributed by atoms with E-state index in [-0.39, 0.29) is 22.8 Å². The number of hydrogen-bond acceptors (Lipinski definition) is 7. The molecule has 1 amide bonds. The van der Waals surface area contributed by atoms with E-state index in [0.29, 0.717) is 34.9 Å². The monoisotopic (exact) mass is 575 g/mol. The lowest BCUT2D eigenvalue weighted by molar-refractivity contribution is -0.139. The van der Waals surface area contributed by atoms with Gasteiger partial charge in [-0.05, 0) is 60.7 Å². The molecule has 0 saturated carbocycles. The summed E-state index contributed by atoms with van der Waals surface area (Å²) in [6, 6.07) is 14.0. The van der Waals surface area contributed by atoms with Gasteiger partial charge in [0, 0.05) is 15.7 Å². The molecular weight excluding hydrogens is 550 g/mol. The molecule has 0 radical (unpaired) electrons. The molecule has 0 aliphatic carbocycles. The first-order valence-corrected chi connectivity index (χ1v) is 14.0. The molecule has 0 saturated heterocycles. The molecule has 3 rings (SSSR count). The molecule has 0 spiro atoms. The van der Waals surface area contributed by atoms with Crippen LogP contribution in [0, 0.1) is 0 Å². The number of hydrogen-bond donors (Lipinski definition) is 4. The fraction of sp³-hybridized carbons (Fsp3) is 0.259. The lowest BCUT2D eigenvalue weighted by Gasteiger charge is -2.15. The van der Waals surface area contributed by atoms with Gasteiger partial charge < -0.3 is 20.6 Å². The van der Waals surface area contributed by atoms with E-state index in [1.54, 1.807) is 24.3 Å². The third-order valence-corrected chi connectivity index (χ3v) is 8.11. The number of thiophene rings is 1. The van der Waals surface area contributed by atoms with Gasteiger partial charge in [0.05, 0.1) is 23.1 Å². The summed E-state index contributed by atoms with van der Waals surface area (Å²) in [7, 11) is 0. The summed E-state index contributed by atoms with van der Waals surface area (Å²) < 4.78 is 0. The Labute approximate surface area is 232 Å². The number of nitrogens with one attached hydrogen (secondary N) is 1. The van der Waals surface area contributed by atoms with Crippen LogP contribution in [0.4, 0.5) is 0 Å². The fourth-order valence-corrected chi connectivity index (χ4v) is 5.85. The first-order valence-electron chi connectivity index (χ1n) is 11.6. The fourth-order valence-electron chi connectivity index (χ4n) is 3.64. The van der Waals surface area contributed by atoms with Gasteiger partial charge in [-0.3, -0.25) is 14.4 Å². The maximum absolute atomic E-state index is 12.8. The Bertz CT molecular complexity index is 1320. The number of carboxylic acids is 2. The van der Waals surface area contributed by atoms with Gasteiger partial charge in [0.2, 0.25) is 0 Å². The Balaban J connectivity index is 1.53. The number of aryl methyl sites for hydroxylation is 2. The van der Waals surface area contributed by atoms with Crippen molar-refractivity contribution in [2.75, 3.05) is 5.75 Å². The predicted molar refractivity (Wildman–Crippen MR) is 148 cm³/mol. The van der Waals surface area contributed by atoms with Gasteiger partial charge in [0.15, 0.2) is 5.78 Å². The first-order chi connectivity index (χ1) is 18.1. The topological polar surface area (TPSA) is 141 Å². The summed E-state index contributed by atoms with van der Waals surface area (Å²) in [6.07, 6.45) is 1.40. The molecule has 0 aliphatic heterocycles. The number of carbonyl (C=O) groups excluding carboxylic acids is 2. The average molecular weight is 576 g/mol. The number of rotatable bonds is 14. The molecule has 0 fully saturated rings. The highest BCUT2D eigenvalue weighted by Crippen LogP contribution is 2.23. The van der Waals surface area contributed by atoms with Crippen molar-refractivity contribution in [2.45, 2.75) is 37.5 Å². The maximum atomic E-state index is 12.8. The molecule has 0 aliphatic rings. The number of carboxylic acid groups (broad SMARTS) is 2. The molecule has 0 unspecified atom stereocenters. The highest BCUT2D eigenvalue weighted by molar-refractivity contribution is 7.99. The summed E-state index contributed by atoms with van der Waals surface area (Å²) in [6.45, 7) is 0. The Kier molecular flexibility index (Phi) is 10.8. The molecule has 1 aromatic heterocycles. The van der Waals surface area contributed by atoms with Crippen LogP contribution < -0.4 is 5.32 Å². The van der Waals surface area contributed by atoms with Crippen LogP contribution in [0.2, 0.25) is 5.02 Å². The van der Waals surface area contributed by atoms with Crippen molar-refractivity contribution in [2.24, 2.45) is 0 Å². The van der Waals surface area contributed by atoms with Gasteiger partial charge in [-0.2, -0.15) is 0 Å². The van der Waals surface area contributed by atoms with Crippen LogP contribution in [-0.4, -0.2) is 50.7 Å². The SMILES string of the molecule is O=C(O)C[C@H](NC(=O)c1ccc(CCCc2ccc(O)c(C(=O)O)c2)s1)C(=O)CSCc1ccccc1Cl. The molecule has 11 heteroatoms. The number of Topliss-reactive ketones (excluding diaryl/α,β-unsaturated/α-hetero) is 1. The van der Waals surface area contributed by atoms with Crippen LogP contribution >= 0.6 is 34.7 Å². The number of aliphatic carboxylic acids is 1. The van der Waals surface area contributed by atoms with E-state index in [2.05, 4.69) is 5.32 Å². The maximum Gasteiger partial charge on any atom is 0.339 e. The van der Waals surface area contributed by atoms with Crippen LogP contribution in [-0.2, 0) is 28.2 Å². The molecule has 38 heavy (non-hydrogen) atoms. The van der Waals surface area contributed by atoms with Crippen LogP contribution in [0.15, 0.2) is 54.6 Å². The smallest absolute Gasteiger partial charge is 0.339 e. The van der Waals surface area contributed by atoms with Gasteiger partial charge in [0.1, 0.15) is 11.3 Å². The van der Waals surface area contributed by atoms with E-state index in [1.165, 1.54) is 35.2 Å². The molecule has 200 valence electrons. The molecule has 8 nitrogen and oxygen atoms in total. The van der Waals surface area contributed by atoms with Crippen LogP contribution in [0.3, 0.4) is 0 Å². The molecule has 2 aromatic carbocycles. The zero-order valence-electron chi connectivity index (χ0n) is 20.2. The second-order valence-corrected chi connectivity index (χ2v) is 11.0. The van der Waals surface area contributed by atoms with Crippen molar-refractivity contribution < 1.29 is 34.5 Å². The summed E-state index contributed by atoms with van der Waals surface area (Å²) >= 11 is 8.68. The minimum absolute atomic E-state index is 0.0278. The lowest BCUT2D eigenvalue weighted by atomic mass is 10.0. The number of aromatic hydroxyl groups is 1. The Morgan fingerprint density at radius 1 is 1.00 bits per heavy atom. The second-order valence-electron chi connectivity index (χ2n) is 8.45. The normalized spacial score (nSPS) is 11.6. The molecule has 3 aromatic rings. The van der Waals surface area contributed by atoms with E-state index in [0.717, 1.165) is 16.0 Å². The van der Waals surface area contributed by atoms with Crippen molar-refractivity contribution in [3.05, 3.63) is 86.1 Å². The lowest BCUT2D eigenvalue weighted by Crippen LogP contribution is -2.43. The van der Waals surface area contributed by atoms with Gasteiger partial charge in [0.25, 0.3) is 5.91 Å². The van der Waals surface area contributed by atoms with Crippen molar-refractivity contribution >= 4 is 58.3 Å². The van der Waals surface area contributed by atoms with Gasteiger partial charge in [-0.15, -0.1) is 23.1 Å². The van der Waals surface area contributed by atoms with Gasteiger partial charge >= 0.3 is 11.9 Å². The number of halogens is 1. The van der Waals surface area contributed by atoms with Gasteiger partial charge in [-0.1, -0.05) is 35.9 Å². The molecule has 4 N–H and O–H groups in total. The van der Waals surface area contributed by atoms with Crippen LogP contribution in [0.25, 0.3) is 0 Å². The number of aromatic carboxylic acids is 1. The predicted octanol–water partition coefficient (Wildman–Crippen LogP) is 5.06. The Morgan fingerprint density at radius 2 is 1.76 bits per heavy atom. The third-order valence-electron chi connectivity index (χ3n) is 5.60. The number of ketones is 1. The van der Waals surface area contributed by atoms with E-state index in [1.807, 2.05) is 18.2 Å². The van der Waals surface area contributed by atoms with E-state index >= 15 is 0 Å². The van der Waals surface area contributed by atoms with E-state index in [4.69, 9.17) is 16.7 Å². The zero-order valence-corrected chi connectivity index (χ0v) is 22.6. The number of thioether (sulfide) groups is 1. The third kappa shape index (κ3) is 8.61. The average Bonchev–Trinajstić information content (AvgIpc) is 3.34. The number of benzene rings is 2. The Hall–Kier alpha value is -3.34. The molecule has 1 heterocycles. The largest absolute Gasteiger partial charge is 0.507 e. The zero-order chi connectivity index (χ0) is 27.7. The highest BCUT2D eigenvalue weighted by Gasteiger charge is 2.25. The standard InChI is InChI=1S/C27H26ClNO7S2/c28-20-7-2-1-5-17(20)14-37-15-23(31)21(13-25(32)33)29-26(34)24-11-9-18(38-24)6-3-4-16-8-10-22(30)19(12-16)27(35)36/h1-2,5,7-12,21,30H,3-4,6,13-15H2,(H,29,34)(H,32,33)(H,35,36)/t21-/m0/s1. The van der Waals surface area contributed by atoms with Gasteiger partial charge in [-0.25, -0.2) is 4.79 Å². The highest BCUT2D eigenvalue weighted by atomic mass is 35.5. The number of phenols is 1. The number of amides is 1. The number of carbonyl (C=O) groups is 4. The van der Waals surface area contributed by atoms with Crippen molar-refractivity contribution in [3.8, 4) is 5.75 Å². The van der Waals surface area contributed by atoms with Crippen molar-refractivity contribution in [1.82, 2.24) is 5.32 Å². The molecule has 1 atom stereocenters. The molecule has 0 bridgehead atoms. The Morgan fingerprint density at radius 3 is 2.47 bits per heavy atom. The summed E-state index contributed by atoms with van der Waals surface area (Å²) in [5.41, 5.74) is 1.49. The summed E-state index contributed by atoms with van der Waals surface area (Å²) in [5, 5.41) is 31.2. The summed E-state index contributed by atoms with van der Waals surface area (Å²) in [5.74, 6) is -3.06. The summed E-state index contributed by atoms with van der Waals surface area (Å²) in [4.78, 5) is 49.3. The minimum atomic E-state index is -1.20.